The van der Waals surface area contributed by atoms with Crippen LogP contribution in [0.2, 0.25) is 0 Å². The minimum absolute atomic E-state index is 0.317. The summed E-state index contributed by atoms with van der Waals surface area (Å²) in [5.41, 5.74) is -1.16. The van der Waals surface area contributed by atoms with Gasteiger partial charge in [0.15, 0.2) is 0 Å². The summed E-state index contributed by atoms with van der Waals surface area (Å²) in [4.78, 5) is 38.3. The third kappa shape index (κ3) is 3.55. The first kappa shape index (κ1) is 17.5. The molecule has 2 amide bonds. The number of nitrogens with one attached hydrogen (secondary N) is 1. The molecule has 23 heavy (non-hydrogen) atoms. The van der Waals surface area contributed by atoms with Gasteiger partial charge in [-0.1, -0.05) is 25.3 Å². The van der Waals surface area contributed by atoms with Crippen molar-refractivity contribution >= 4 is 29.1 Å². The number of amides is 2. The van der Waals surface area contributed by atoms with Gasteiger partial charge in [0.2, 0.25) is 5.91 Å². The van der Waals surface area contributed by atoms with Crippen LogP contribution in [-0.4, -0.2) is 46.4 Å². The molecule has 126 valence electrons. The van der Waals surface area contributed by atoms with Gasteiger partial charge in [-0.15, -0.1) is 11.3 Å². The van der Waals surface area contributed by atoms with Crippen molar-refractivity contribution in [2.24, 2.45) is 0 Å². The standard InChI is InChI=1S/C16H22N2O4S/c1-11(17-13(19)12-7-6-10-23-12)14(20)18(2)16(15(21)22)8-4-3-5-9-16/h6-7,10-11H,3-5,8-9H2,1-2H3,(H,17,19)(H,21,22). The van der Waals surface area contributed by atoms with Gasteiger partial charge in [-0.3, -0.25) is 9.59 Å². The first-order chi connectivity index (χ1) is 10.9. The second kappa shape index (κ2) is 7.12. The molecule has 0 spiro atoms. The van der Waals surface area contributed by atoms with E-state index < -0.39 is 17.6 Å². The predicted octanol–water partition coefficient (Wildman–Crippen LogP) is 2.11. The number of hydrogen-bond acceptors (Lipinski definition) is 4. The molecule has 7 heteroatoms. The first-order valence-electron chi connectivity index (χ1n) is 7.74. The van der Waals surface area contributed by atoms with Crippen molar-refractivity contribution in [1.29, 1.82) is 0 Å². The van der Waals surface area contributed by atoms with E-state index in [1.807, 2.05) is 0 Å². The van der Waals surface area contributed by atoms with Crippen molar-refractivity contribution in [3.63, 3.8) is 0 Å². The lowest BCUT2D eigenvalue weighted by Gasteiger charge is -2.42. The molecule has 1 aromatic heterocycles. The number of carboxylic acids is 1. The van der Waals surface area contributed by atoms with Gasteiger partial charge in [-0.05, 0) is 31.2 Å². The van der Waals surface area contributed by atoms with Gasteiger partial charge in [0.05, 0.1) is 4.88 Å². The topological polar surface area (TPSA) is 86.7 Å². The minimum atomic E-state index is -1.16. The van der Waals surface area contributed by atoms with Gasteiger partial charge in [0.25, 0.3) is 5.91 Å². The average Bonchev–Trinajstić information content (AvgIpc) is 3.08. The maximum atomic E-state index is 12.6. The summed E-state index contributed by atoms with van der Waals surface area (Å²) in [5, 5.41) is 14.1. The summed E-state index contributed by atoms with van der Waals surface area (Å²) in [7, 11) is 1.52. The summed E-state index contributed by atoms with van der Waals surface area (Å²) in [6.07, 6.45) is 3.48. The fourth-order valence-electron chi connectivity index (χ4n) is 3.07. The SMILES string of the molecule is CC(NC(=O)c1cccs1)C(=O)N(C)C1(C(=O)O)CCCCC1. The Kier molecular flexibility index (Phi) is 5.41. The third-order valence-corrected chi connectivity index (χ3v) is 5.38. The number of nitrogens with zero attached hydrogens (tertiary/aromatic N) is 1. The van der Waals surface area contributed by atoms with Gasteiger partial charge < -0.3 is 15.3 Å². The molecule has 6 nitrogen and oxygen atoms in total. The van der Waals surface area contributed by atoms with Crippen molar-refractivity contribution in [2.45, 2.75) is 50.6 Å². The van der Waals surface area contributed by atoms with Gasteiger partial charge in [-0.2, -0.15) is 0 Å². The van der Waals surface area contributed by atoms with Crippen LogP contribution in [-0.2, 0) is 9.59 Å². The third-order valence-electron chi connectivity index (χ3n) is 4.51. The van der Waals surface area contributed by atoms with Crippen LogP contribution in [0.1, 0.15) is 48.7 Å². The van der Waals surface area contributed by atoms with E-state index in [2.05, 4.69) is 5.32 Å². The Morgan fingerprint density at radius 3 is 2.48 bits per heavy atom. The lowest BCUT2D eigenvalue weighted by atomic mass is 9.80. The molecule has 1 atom stereocenters. The number of aliphatic carboxylic acids is 1. The van der Waals surface area contributed by atoms with Crippen molar-refractivity contribution in [3.8, 4) is 0 Å². The number of carboxylic acid groups (broad SMARTS) is 1. The molecule has 1 saturated carbocycles. The zero-order valence-corrected chi connectivity index (χ0v) is 14.2. The average molecular weight is 338 g/mol. The van der Waals surface area contributed by atoms with E-state index in [9.17, 15) is 19.5 Å². The Labute approximate surface area is 139 Å². The van der Waals surface area contributed by atoms with Crippen LogP contribution in [0, 0.1) is 0 Å². The molecular weight excluding hydrogens is 316 g/mol. The lowest BCUT2D eigenvalue weighted by molar-refractivity contribution is -0.160. The zero-order chi connectivity index (χ0) is 17.0. The molecule has 0 bridgehead atoms. The molecule has 0 aromatic carbocycles. The maximum absolute atomic E-state index is 12.6. The molecule has 0 aliphatic heterocycles. The van der Waals surface area contributed by atoms with Crippen molar-refractivity contribution in [3.05, 3.63) is 22.4 Å². The highest BCUT2D eigenvalue weighted by Crippen LogP contribution is 2.33. The molecule has 1 aromatic rings. The van der Waals surface area contributed by atoms with Gasteiger partial charge in [-0.25, -0.2) is 4.79 Å². The van der Waals surface area contributed by atoms with E-state index in [1.165, 1.54) is 23.3 Å². The van der Waals surface area contributed by atoms with Crippen molar-refractivity contribution in [1.82, 2.24) is 10.2 Å². The van der Waals surface area contributed by atoms with Crippen LogP contribution in [0.4, 0.5) is 0 Å². The maximum Gasteiger partial charge on any atom is 0.329 e. The van der Waals surface area contributed by atoms with E-state index in [1.54, 1.807) is 24.4 Å². The summed E-state index contributed by atoms with van der Waals surface area (Å²) in [5.74, 6) is -1.66. The molecule has 1 fully saturated rings. The number of carbonyl (C=O) groups excluding carboxylic acids is 2. The van der Waals surface area contributed by atoms with E-state index >= 15 is 0 Å². The van der Waals surface area contributed by atoms with Crippen LogP contribution in [0.5, 0.6) is 0 Å². The minimum Gasteiger partial charge on any atom is -0.479 e. The van der Waals surface area contributed by atoms with E-state index in [0.29, 0.717) is 17.7 Å². The van der Waals surface area contributed by atoms with E-state index in [0.717, 1.165) is 19.3 Å². The predicted molar refractivity (Wildman–Crippen MR) is 87.5 cm³/mol. The molecule has 1 heterocycles. The quantitative estimate of drug-likeness (QED) is 0.861. The monoisotopic (exact) mass is 338 g/mol. The Morgan fingerprint density at radius 1 is 1.30 bits per heavy atom. The highest BCUT2D eigenvalue weighted by atomic mass is 32.1. The number of carbonyl (C=O) groups is 3. The zero-order valence-electron chi connectivity index (χ0n) is 13.4. The van der Waals surface area contributed by atoms with Crippen molar-refractivity contribution in [2.75, 3.05) is 7.05 Å². The Balaban J connectivity index is 2.08. The number of thiophene rings is 1. The van der Waals surface area contributed by atoms with Crippen LogP contribution in [0.25, 0.3) is 0 Å². The smallest absolute Gasteiger partial charge is 0.329 e. The molecule has 1 aliphatic rings. The van der Waals surface area contributed by atoms with Gasteiger partial charge in [0, 0.05) is 7.05 Å². The van der Waals surface area contributed by atoms with Crippen LogP contribution >= 0.6 is 11.3 Å². The first-order valence-corrected chi connectivity index (χ1v) is 8.62. The second-order valence-electron chi connectivity index (χ2n) is 5.97. The summed E-state index contributed by atoms with van der Waals surface area (Å²) in [6, 6.07) is 2.67. The summed E-state index contributed by atoms with van der Waals surface area (Å²) < 4.78 is 0. The normalized spacial score (nSPS) is 18.0. The van der Waals surface area contributed by atoms with Gasteiger partial charge in [0.1, 0.15) is 11.6 Å². The molecule has 2 rings (SSSR count). The summed E-state index contributed by atoms with van der Waals surface area (Å²) >= 11 is 1.29. The molecule has 2 N–H and O–H groups in total. The fraction of sp³-hybridized carbons (Fsp3) is 0.562. The highest BCUT2D eigenvalue weighted by Gasteiger charge is 2.46. The highest BCUT2D eigenvalue weighted by molar-refractivity contribution is 7.12. The number of hydrogen-bond donors (Lipinski definition) is 2. The van der Waals surface area contributed by atoms with Crippen LogP contribution in [0.15, 0.2) is 17.5 Å². The molecular formula is C16H22N2O4S. The molecule has 0 saturated heterocycles. The second-order valence-corrected chi connectivity index (χ2v) is 6.91. The van der Waals surface area contributed by atoms with E-state index in [-0.39, 0.29) is 11.8 Å². The number of likely N-dealkylation sites (N-methyl/N-ethyl adjacent to an activating group) is 1. The van der Waals surface area contributed by atoms with Gasteiger partial charge >= 0.3 is 5.97 Å². The fourth-order valence-corrected chi connectivity index (χ4v) is 3.69. The molecule has 1 unspecified atom stereocenters. The molecule has 1 aliphatic carbocycles. The largest absolute Gasteiger partial charge is 0.479 e. The summed E-state index contributed by atoms with van der Waals surface area (Å²) in [6.45, 7) is 1.59. The lowest BCUT2D eigenvalue weighted by Crippen LogP contribution is -2.60. The van der Waals surface area contributed by atoms with Crippen LogP contribution in [0.3, 0.4) is 0 Å². The Morgan fingerprint density at radius 2 is 1.96 bits per heavy atom. The van der Waals surface area contributed by atoms with E-state index in [4.69, 9.17) is 0 Å². The van der Waals surface area contributed by atoms with Crippen molar-refractivity contribution < 1.29 is 19.5 Å². The molecule has 0 radical (unpaired) electrons. The number of rotatable bonds is 5. The Hall–Kier alpha value is -1.89. The van der Waals surface area contributed by atoms with Crippen LogP contribution < -0.4 is 5.32 Å². The Bertz CT molecular complexity index is 579.